The van der Waals surface area contributed by atoms with E-state index in [1.807, 2.05) is 18.7 Å². The maximum absolute atomic E-state index is 12.3. The zero-order chi connectivity index (χ0) is 13.0. The molecule has 0 N–H and O–H groups in total. The summed E-state index contributed by atoms with van der Waals surface area (Å²) in [5, 5.41) is 1.38. The maximum Gasteiger partial charge on any atom is 0.254 e. The molecule has 0 aliphatic rings. The van der Waals surface area contributed by atoms with E-state index in [9.17, 15) is 4.79 Å². The van der Waals surface area contributed by atoms with Crippen molar-refractivity contribution in [2.45, 2.75) is 19.9 Å². The fraction of sp³-hybridized carbons (Fsp3) is 0.417. The van der Waals surface area contributed by atoms with Gasteiger partial charge in [-0.1, -0.05) is 27.5 Å². The lowest BCUT2D eigenvalue weighted by Crippen LogP contribution is -2.38. The van der Waals surface area contributed by atoms with Crippen LogP contribution in [-0.2, 0) is 0 Å². The first kappa shape index (κ1) is 15.0. The van der Waals surface area contributed by atoms with Gasteiger partial charge in [0, 0.05) is 28.0 Å². The molecule has 0 fully saturated rings. The highest BCUT2D eigenvalue weighted by Crippen LogP contribution is 2.24. The molecule has 0 aliphatic heterocycles. The molecule has 0 saturated heterocycles. The molecule has 0 unspecified atom stereocenters. The third-order valence-electron chi connectivity index (χ3n) is 2.38. The molecular weight excluding hydrogens is 369 g/mol. The smallest absolute Gasteiger partial charge is 0.254 e. The van der Waals surface area contributed by atoms with Gasteiger partial charge < -0.3 is 4.90 Å². The standard InChI is InChI=1S/C12H14Br2ClNO/c1-8(2)16(6-5-13)12(17)9-3-4-11(15)10(14)7-9/h3-4,7-8H,5-6H2,1-2H3. The van der Waals surface area contributed by atoms with Gasteiger partial charge in [0.25, 0.3) is 5.91 Å². The molecule has 2 nitrogen and oxygen atoms in total. The molecule has 0 spiro atoms. The van der Waals surface area contributed by atoms with Gasteiger partial charge in [-0.05, 0) is 48.0 Å². The summed E-state index contributed by atoms with van der Waals surface area (Å²) in [6.07, 6.45) is 0. The van der Waals surface area contributed by atoms with Crippen molar-refractivity contribution < 1.29 is 4.79 Å². The Morgan fingerprint density at radius 2 is 2.12 bits per heavy atom. The predicted octanol–water partition coefficient (Wildman–Crippen LogP) is 4.35. The van der Waals surface area contributed by atoms with E-state index in [-0.39, 0.29) is 11.9 Å². The minimum Gasteiger partial charge on any atom is -0.335 e. The molecule has 5 heteroatoms. The van der Waals surface area contributed by atoms with Crippen LogP contribution >= 0.6 is 43.5 Å². The molecule has 1 rings (SSSR count). The first-order chi connectivity index (χ1) is 7.97. The van der Waals surface area contributed by atoms with E-state index in [1.165, 1.54) is 0 Å². The van der Waals surface area contributed by atoms with Crippen LogP contribution in [0.15, 0.2) is 22.7 Å². The van der Waals surface area contributed by atoms with Crippen molar-refractivity contribution in [2.75, 3.05) is 11.9 Å². The quantitative estimate of drug-likeness (QED) is 0.708. The Labute approximate surface area is 124 Å². The second-order valence-electron chi connectivity index (χ2n) is 3.91. The molecule has 0 aromatic heterocycles. The third-order valence-corrected chi connectivity index (χ3v) is 3.94. The topological polar surface area (TPSA) is 20.3 Å². The Balaban J connectivity index is 2.97. The second-order valence-corrected chi connectivity index (χ2v) is 5.96. The highest BCUT2D eigenvalue weighted by molar-refractivity contribution is 9.10. The number of carbonyl (C=O) groups excluding carboxylic acids is 1. The van der Waals surface area contributed by atoms with Crippen LogP contribution in [-0.4, -0.2) is 28.7 Å². The van der Waals surface area contributed by atoms with Gasteiger partial charge in [-0.3, -0.25) is 4.79 Å². The number of alkyl halides is 1. The van der Waals surface area contributed by atoms with Gasteiger partial charge in [0.2, 0.25) is 0 Å². The summed E-state index contributed by atoms with van der Waals surface area (Å²) in [5.41, 5.74) is 0.649. The third kappa shape index (κ3) is 3.97. The molecule has 1 aromatic rings. The van der Waals surface area contributed by atoms with Gasteiger partial charge in [-0.15, -0.1) is 0 Å². The van der Waals surface area contributed by atoms with Crippen molar-refractivity contribution >= 4 is 49.4 Å². The molecule has 0 heterocycles. The molecular formula is C12H14Br2ClNO. The molecule has 1 aromatic carbocycles. The number of hydrogen-bond acceptors (Lipinski definition) is 1. The van der Waals surface area contributed by atoms with Gasteiger partial charge in [0.05, 0.1) is 5.02 Å². The van der Waals surface area contributed by atoms with E-state index in [2.05, 4.69) is 31.9 Å². The maximum atomic E-state index is 12.3. The molecule has 0 bridgehead atoms. The lowest BCUT2D eigenvalue weighted by molar-refractivity contribution is 0.0719. The van der Waals surface area contributed by atoms with E-state index < -0.39 is 0 Å². The van der Waals surface area contributed by atoms with E-state index in [0.717, 1.165) is 9.80 Å². The lowest BCUT2D eigenvalue weighted by Gasteiger charge is -2.26. The summed E-state index contributed by atoms with van der Waals surface area (Å²) in [4.78, 5) is 14.1. The van der Waals surface area contributed by atoms with Crippen LogP contribution in [0.2, 0.25) is 5.02 Å². The number of carbonyl (C=O) groups is 1. The number of hydrogen-bond donors (Lipinski definition) is 0. The highest BCUT2D eigenvalue weighted by atomic mass is 79.9. The summed E-state index contributed by atoms with van der Waals surface area (Å²) in [7, 11) is 0. The van der Waals surface area contributed by atoms with Gasteiger partial charge in [-0.25, -0.2) is 0 Å². The summed E-state index contributed by atoms with van der Waals surface area (Å²) in [6, 6.07) is 5.41. The van der Waals surface area contributed by atoms with E-state index >= 15 is 0 Å². The van der Waals surface area contributed by atoms with Gasteiger partial charge in [0.15, 0.2) is 0 Å². The summed E-state index contributed by atoms with van der Waals surface area (Å²) < 4.78 is 0.743. The Hall–Kier alpha value is -0.0600. The Morgan fingerprint density at radius 1 is 1.47 bits per heavy atom. The minimum absolute atomic E-state index is 0.0248. The monoisotopic (exact) mass is 381 g/mol. The first-order valence-electron chi connectivity index (χ1n) is 5.29. The Morgan fingerprint density at radius 3 is 2.59 bits per heavy atom. The van der Waals surface area contributed by atoms with Crippen molar-refractivity contribution in [1.29, 1.82) is 0 Å². The fourth-order valence-electron chi connectivity index (χ4n) is 1.48. The van der Waals surface area contributed by atoms with Crippen LogP contribution in [0.5, 0.6) is 0 Å². The van der Waals surface area contributed by atoms with E-state index in [0.29, 0.717) is 17.1 Å². The van der Waals surface area contributed by atoms with E-state index in [1.54, 1.807) is 18.2 Å². The summed E-state index contributed by atoms with van der Waals surface area (Å²) in [6.45, 7) is 4.70. The van der Waals surface area contributed by atoms with Crippen molar-refractivity contribution in [3.63, 3.8) is 0 Å². The molecule has 94 valence electrons. The summed E-state index contributed by atoms with van der Waals surface area (Å²) >= 11 is 12.6. The Bertz CT molecular complexity index is 409. The average Bonchev–Trinajstić information content (AvgIpc) is 2.28. The largest absolute Gasteiger partial charge is 0.335 e. The molecule has 0 saturated carbocycles. The predicted molar refractivity (Wildman–Crippen MR) is 79.1 cm³/mol. The van der Waals surface area contributed by atoms with Gasteiger partial charge in [0.1, 0.15) is 0 Å². The number of rotatable bonds is 4. The first-order valence-corrected chi connectivity index (χ1v) is 7.58. The molecule has 1 amide bonds. The van der Waals surface area contributed by atoms with Crippen LogP contribution in [0.25, 0.3) is 0 Å². The van der Waals surface area contributed by atoms with Crippen molar-refractivity contribution in [2.24, 2.45) is 0 Å². The number of nitrogens with zero attached hydrogens (tertiary/aromatic N) is 1. The SMILES string of the molecule is CC(C)N(CCBr)C(=O)c1ccc(Cl)c(Br)c1. The van der Waals surface area contributed by atoms with Crippen LogP contribution in [0, 0.1) is 0 Å². The van der Waals surface area contributed by atoms with Crippen LogP contribution in [0.3, 0.4) is 0 Å². The molecule has 0 aliphatic carbocycles. The van der Waals surface area contributed by atoms with E-state index in [4.69, 9.17) is 11.6 Å². The van der Waals surface area contributed by atoms with Crippen molar-refractivity contribution in [3.05, 3.63) is 33.3 Å². The van der Waals surface area contributed by atoms with Crippen LogP contribution < -0.4 is 0 Å². The van der Waals surface area contributed by atoms with Crippen molar-refractivity contribution in [1.82, 2.24) is 4.90 Å². The Kier molecular flexibility index (Phi) is 5.97. The van der Waals surface area contributed by atoms with Crippen LogP contribution in [0.4, 0.5) is 0 Å². The molecule has 17 heavy (non-hydrogen) atoms. The summed E-state index contributed by atoms with van der Waals surface area (Å²) in [5.74, 6) is 0.0248. The molecule has 0 radical (unpaired) electrons. The van der Waals surface area contributed by atoms with Gasteiger partial charge in [-0.2, -0.15) is 0 Å². The minimum atomic E-state index is 0.0248. The zero-order valence-corrected chi connectivity index (χ0v) is 13.6. The second kappa shape index (κ2) is 6.76. The number of benzene rings is 1. The molecule has 0 atom stereocenters. The lowest BCUT2D eigenvalue weighted by atomic mass is 10.1. The number of halogens is 3. The van der Waals surface area contributed by atoms with Gasteiger partial charge >= 0.3 is 0 Å². The van der Waals surface area contributed by atoms with Crippen molar-refractivity contribution in [3.8, 4) is 0 Å². The normalized spacial score (nSPS) is 10.7. The highest BCUT2D eigenvalue weighted by Gasteiger charge is 2.18. The zero-order valence-electron chi connectivity index (χ0n) is 9.71. The number of amides is 1. The van der Waals surface area contributed by atoms with Crippen LogP contribution in [0.1, 0.15) is 24.2 Å². The average molecular weight is 384 g/mol. The fourth-order valence-corrected chi connectivity index (χ4v) is 2.36.